The number of nitro groups is 1. The molecule has 0 aliphatic heterocycles. The highest BCUT2D eigenvalue weighted by Gasteiger charge is 2.20. The zero-order chi connectivity index (χ0) is 15.6. The predicted octanol–water partition coefficient (Wildman–Crippen LogP) is 1.22. The van der Waals surface area contributed by atoms with Gasteiger partial charge in [-0.15, -0.1) is 0 Å². The summed E-state index contributed by atoms with van der Waals surface area (Å²) in [5, 5.41) is 15.2. The van der Waals surface area contributed by atoms with E-state index in [4.69, 9.17) is 0 Å². The lowest BCUT2D eigenvalue weighted by atomic mass is 10.0. The van der Waals surface area contributed by atoms with Gasteiger partial charge in [-0.2, -0.15) is 5.10 Å². The van der Waals surface area contributed by atoms with Gasteiger partial charge in [0, 0.05) is 42.7 Å². The molecular formula is C12H13N4O4S-. The molecule has 0 aliphatic rings. The van der Waals surface area contributed by atoms with Crippen molar-refractivity contribution in [3.63, 3.8) is 0 Å². The normalized spacial score (nSPS) is 12.6. The van der Waals surface area contributed by atoms with Gasteiger partial charge in [-0.3, -0.25) is 19.0 Å². The fourth-order valence-electron chi connectivity index (χ4n) is 2.02. The monoisotopic (exact) mass is 309 g/mol. The molecule has 21 heavy (non-hydrogen) atoms. The number of aryl methyl sites for hydroxylation is 1. The minimum atomic E-state index is -2.45. The van der Waals surface area contributed by atoms with Crippen LogP contribution in [0.5, 0.6) is 0 Å². The van der Waals surface area contributed by atoms with Crippen LogP contribution in [-0.4, -0.2) is 34.8 Å². The maximum atomic E-state index is 11.2. The van der Waals surface area contributed by atoms with E-state index in [0.29, 0.717) is 16.7 Å². The number of benzene rings is 1. The van der Waals surface area contributed by atoms with Crippen LogP contribution in [-0.2, 0) is 24.9 Å². The van der Waals surface area contributed by atoms with Crippen molar-refractivity contribution < 1.29 is 13.7 Å². The first kappa shape index (κ1) is 15.3. The summed E-state index contributed by atoms with van der Waals surface area (Å²) in [5.74, 6) is 0. The minimum Gasteiger partial charge on any atom is -0.760 e. The van der Waals surface area contributed by atoms with Gasteiger partial charge in [0.2, 0.25) is 0 Å². The Morgan fingerprint density at radius 1 is 1.48 bits per heavy atom. The van der Waals surface area contributed by atoms with Gasteiger partial charge in [-0.1, -0.05) is 12.1 Å². The van der Waals surface area contributed by atoms with E-state index < -0.39 is 16.2 Å². The van der Waals surface area contributed by atoms with Gasteiger partial charge in [0.15, 0.2) is 0 Å². The molecule has 9 heteroatoms. The van der Waals surface area contributed by atoms with Gasteiger partial charge in [0.25, 0.3) is 5.69 Å². The van der Waals surface area contributed by atoms with Crippen LogP contribution in [0.15, 0.2) is 30.6 Å². The maximum absolute atomic E-state index is 11.2. The molecule has 1 atom stereocenters. The SMILES string of the molecule is CN(Cc1c(-c2cnn(C)c2)cccc1[N+](=O)[O-])S(=O)[O-]. The molecule has 2 rings (SSSR count). The van der Waals surface area contributed by atoms with Gasteiger partial charge in [-0.25, -0.2) is 4.31 Å². The highest BCUT2D eigenvalue weighted by molar-refractivity contribution is 7.76. The maximum Gasteiger partial charge on any atom is 0.274 e. The Labute approximate surface area is 123 Å². The molecule has 1 unspecified atom stereocenters. The third-order valence-electron chi connectivity index (χ3n) is 3.00. The summed E-state index contributed by atoms with van der Waals surface area (Å²) in [6.45, 7) is -0.0858. The van der Waals surface area contributed by atoms with Gasteiger partial charge in [0.1, 0.15) is 0 Å². The molecule has 0 saturated carbocycles. The van der Waals surface area contributed by atoms with E-state index in [2.05, 4.69) is 5.10 Å². The highest BCUT2D eigenvalue weighted by atomic mass is 32.2. The summed E-state index contributed by atoms with van der Waals surface area (Å²) >= 11 is -2.45. The van der Waals surface area contributed by atoms with Crippen molar-refractivity contribution in [3.8, 4) is 11.1 Å². The van der Waals surface area contributed by atoms with Crippen molar-refractivity contribution in [2.24, 2.45) is 7.05 Å². The third kappa shape index (κ3) is 3.32. The Balaban J connectivity index is 2.56. The fourth-order valence-corrected chi connectivity index (χ4v) is 2.25. The van der Waals surface area contributed by atoms with Crippen LogP contribution in [0.4, 0.5) is 5.69 Å². The molecule has 0 bridgehead atoms. The highest BCUT2D eigenvalue weighted by Crippen LogP contribution is 2.31. The molecule has 1 heterocycles. The minimum absolute atomic E-state index is 0.0858. The van der Waals surface area contributed by atoms with Gasteiger partial charge >= 0.3 is 0 Å². The van der Waals surface area contributed by atoms with E-state index in [1.54, 1.807) is 36.3 Å². The van der Waals surface area contributed by atoms with E-state index in [9.17, 15) is 18.9 Å². The average molecular weight is 309 g/mol. The Kier molecular flexibility index (Phi) is 4.46. The average Bonchev–Trinajstić information content (AvgIpc) is 2.85. The third-order valence-corrected chi connectivity index (χ3v) is 3.64. The topological polar surface area (TPSA) is 104 Å². The first-order valence-electron chi connectivity index (χ1n) is 5.96. The zero-order valence-corrected chi connectivity index (χ0v) is 12.2. The first-order valence-corrected chi connectivity index (χ1v) is 6.99. The molecule has 8 nitrogen and oxygen atoms in total. The second-order valence-corrected chi connectivity index (χ2v) is 5.52. The molecule has 2 aromatic rings. The summed E-state index contributed by atoms with van der Waals surface area (Å²) in [5.41, 5.74) is 1.51. The Morgan fingerprint density at radius 2 is 2.19 bits per heavy atom. The molecule has 0 N–H and O–H groups in total. The molecular weight excluding hydrogens is 296 g/mol. The fraction of sp³-hybridized carbons (Fsp3) is 0.250. The number of hydrogen-bond donors (Lipinski definition) is 0. The van der Waals surface area contributed by atoms with Gasteiger partial charge in [0.05, 0.1) is 16.7 Å². The molecule has 0 aliphatic carbocycles. The molecule has 1 aromatic carbocycles. The van der Waals surface area contributed by atoms with E-state index >= 15 is 0 Å². The van der Waals surface area contributed by atoms with Crippen molar-refractivity contribution in [2.75, 3.05) is 7.05 Å². The lowest BCUT2D eigenvalue weighted by Gasteiger charge is -2.20. The molecule has 1 aromatic heterocycles. The number of nitro benzene ring substituents is 1. The zero-order valence-electron chi connectivity index (χ0n) is 11.4. The van der Waals surface area contributed by atoms with Crippen LogP contribution in [0.3, 0.4) is 0 Å². The first-order chi connectivity index (χ1) is 9.90. The summed E-state index contributed by atoms with van der Waals surface area (Å²) in [4.78, 5) is 10.7. The molecule has 0 saturated heterocycles. The Hall–Kier alpha value is -2.10. The van der Waals surface area contributed by atoms with Crippen LogP contribution < -0.4 is 0 Å². The largest absolute Gasteiger partial charge is 0.760 e. The van der Waals surface area contributed by atoms with Crippen LogP contribution >= 0.6 is 0 Å². The quantitative estimate of drug-likeness (QED) is 0.469. The second kappa shape index (κ2) is 6.12. The van der Waals surface area contributed by atoms with E-state index in [0.717, 1.165) is 4.31 Å². The van der Waals surface area contributed by atoms with Crippen LogP contribution in [0.1, 0.15) is 5.56 Å². The summed E-state index contributed by atoms with van der Waals surface area (Å²) < 4.78 is 24.5. The van der Waals surface area contributed by atoms with Gasteiger partial charge in [-0.05, 0) is 12.6 Å². The lowest BCUT2D eigenvalue weighted by molar-refractivity contribution is -0.385. The molecule has 0 radical (unpaired) electrons. The number of hydrogen-bond acceptors (Lipinski definition) is 5. The molecule has 0 spiro atoms. The standard InChI is InChI=1S/C12H14N4O4S/c1-14-7-9(6-13-14)10-4-3-5-12(16(17)18)11(10)8-15(2)21(19)20/h3-7H,8H2,1-2H3,(H,19,20)/p-1. The smallest absolute Gasteiger partial charge is 0.274 e. The van der Waals surface area contributed by atoms with Crippen LogP contribution in [0, 0.1) is 10.1 Å². The van der Waals surface area contributed by atoms with E-state index in [1.165, 1.54) is 13.1 Å². The predicted molar refractivity (Wildman–Crippen MR) is 75.7 cm³/mol. The lowest BCUT2D eigenvalue weighted by Crippen LogP contribution is -2.21. The van der Waals surface area contributed by atoms with Crippen molar-refractivity contribution in [3.05, 3.63) is 46.3 Å². The molecule has 112 valence electrons. The van der Waals surface area contributed by atoms with Crippen molar-refractivity contribution >= 4 is 17.0 Å². The number of nitrogens with zero attached hydrogens (tertiary/aromatic N) is 4. The van der Waals surface area contributed by atoms with Crippen LogP contribution in [0.2, 0.25) is 0 Å². The van der Waals surface area contributed by atoms with Crippen molar-refractivity contribution in [2.45, 2.75) is 6.54 Å². The number of aromatic nitrogens is 2. The summed E-state index contributed by atoms with van der Waals surface area (Å²) in [7, 11) is 3.09. The molecule has 0 amide bonds. The Morgan fingerprint density at radius 3 is 2.71 bits per heavy atom. The van der Waals surface area contributed by atoms with E-state index in [-0.39, 0.29) is 12.2 Å². The van der Waals surface area contributed by atoms with Crippen molar-refractivity contribution in [1.29, 1.82) is 0 Å². The Bertz CT molecular complexity index is 700. The van der Waals surface area contributed by atoms with Gasteiger partial charge < -0.3 is 4.55 Å². The summed E-state index contributed by atoms with van der Waals surface area (Å²) in [6, 6.07) is 4.63. The van der Waals surface area contributed by atoms with Crippen molar-refractivity contribution in [1.82, 2.24) is 14.1 Å². The summed E-state index contributed by atoms with van der Waals surface area (Å²) in [6.07, 6.45) is 3.30. The van der Waals surface area contributed by atoms with Crippen LogP contribution in [0.25, 0.3) is 11.1 Å². The number of rotatable bonds is 5. The van der Waals surface area contributed by atoms with E-state index in [1.807, 2.05) is 0 Å². The second-order valence-electron chi connectivity index (χ2n) is 4.47. The molecule has 0 fully saturated rings.